The SMILES string of the molecule is CC1C(C(=O)N[C@@H](c2ccc(F)cc2F)C(F)(F)F)C(=O)C(O)=C2C(=O)N3C4CC(O[C@H]3CN21)[C@@H]1C[C@H]41. The second-order valence-corrected chi connectivity index (χ2v) is 10.3. The fourth-order valence-electron chi connectivity index (χ4n) is 6.48. The summed E-state index contributed by atoms with van der Waals surface area (Å²) in [6, 6.07) is -2.65. The molecule has 5 aliphatic rings. The van der Waals surface area contributed by atoms with Gasteiger partial charge in [-0.15, -0.1) is 0 Å². The number of benzene rings is 1. The smallest absolute Gasteiger partial charge is 0.412 e. The number of nitrogens with zero attached hydrogens (tertiary/aromatic N) is 2. The molecule has 4 unspecified atom stereocenters. The van der Waals surface area contributed by atoms with Crippen molar-refractivity contribution in [2.75, 3.05) is 6.54 Å². The summed E-state index contributed by atoms with van der Waals surface area (Å²) >= 11 is 0. The van der Waals surface area contributed by atoms with E-state index in [0.29, 0.717) is 30.4 Å². The summed E-state index contributed by atoms with van der Waals surface area (Å²) in [5.74, 6) is -8.07. The van der Waals surface area contributed by atoms with E-state index >= 15 is 0 Å². The van der Waals surface area contributed by atoms with Gasteiger partial charge in [-0.3, -0.25) is 14.4 Å². The van der Waals surface area contributed by atoms with E-state index in [4.69, 9.17) is 4.74 Å². The number of carbonyl (C=O) groups is 3. The largest absolute Gasteiger partial charge is 0.503 e. The minimum atomic E-state index is -5.18. The number of alkyl halides is 3. The topological polar surface area (TPSA) is 99.2 Å². The lowest BCUT2D eigenvalue weighted by Gasteiger charge is -2.52. The van der Waals surface area contributed by atoms with Gasteiger partial charge in [0.15, 0.2) is 18.0 Å². The Morgan fingerprint density at radius 1 is 1.19 bits per heavy atom. The number of rotatable bonds is 3. The van der Waals surface area contributed by atoms with Crippen LogP contribution in [0.5, 0.6) is 0 Å². The van der Waals surface area contributed by atoms with Gasteiger partial charge >= 0.3 is 6.18 Å². The Bertz CT molecular complexity index is 1250. The van der Waals surface area contributed by atoms with E-state index in [1.54, 1.807) is 5.32 Å². The molecule has 2 N–H and O–H groups in total. The number of Topliss-reactive ketones (excluding diaryl/α,β-unsaturated/α-hetero) is 1. The number of ketones is 1. The van der Waals surface area contributed by atoms with Crippen molar-refractivity contribution in [2.24, 2.45) is 17.8 Å². The minimum Gasteiger partial charge on any atom is -0.503 e. The van der Waals surface area contributed by atoms with E-state index < -0.39 is 71.0 Å². The molecule has 8 atom stereocenters. The van der Waals surface area contributed by atoms with E-state index in [-0.39, 0.29) is 30.5 Å². The highest BCUT2D eigenvalue weighted by molar-refractivity contribution is 6.14. The molecule has 0 radical (unpaired) electrons. The van der Waals surface area contributed by atoms with Crippen molar-refractivity contribution >= 4 is 17.6 Å². The summed E-state index contributed by atoms with van der Waals surface area (Å²) in [6.45, 7) is 1.40. The number of fused-ring (bicyclic) bond motifs is 8. The van der Waals surface area contributed by atoms with Gasteiger partial charge in [-0.2, -0.15) is 13.2 Å². The molecule has 3 heterocycles. The number of amides is 2. The van der Waals surface area contributed by atoms with Gasteiger partial charge in [-0.1, -0.05) is 6.07 Å². The summed E-state index contributed by atoms with van der Waals surface area (Å²) in [6.07, 6.45) is -4.28. The summed E-state index contributed by atoms with van der Waals surface area (Å²) < 4.78 is 75.0. The zero-order chi connectivity index (χ0) is 26.5. The van der Waals surface area contributed by atoms with Crippen molar-refractivity contribution in [3.05, 3.63) is 46.9 Å². The third-order valence-electron chi connectivity index (χ3n) is 8.30. The molecule has 2 saturated carbocycles. The summed E-state index contributed by atoms with van der Waals surface area (Å²) in [4.78, 5) is 42.4. The minimum absolute atomic E-state index is 0.0119. The van der Waals surface area contributed by atoms with E-state index in [9.17, 15) is 41.4 Å². The molecule has 13 heteroatoms. The number of aliphatic hydroxyl groups is 1. The molecule has 2 saturated heterocycles. The fourth-order valence-corrected chi connectivity index (χ4v) is 6.48. The first-order valence-electron chi connectivity index (χ1n) is 11.9. The van der Waals surface area contributed by atoms with Crippen molar-refractivity contribution in [1.29, 1.82) is 0 Å². The lowest BCUT2D eigenvalue weighted by Crippen LogP contribution is -2.67. The molecule has 1 aromatic rings. The molecule has 198 valence electrons. The standard InChI is InChI=1S/C24H22F5N3O5/c1-8-17(22(35)30-21(24(27,28)29)10-3-2-9(25)4-13(10)26)19(33)20(34)18-23(36)32-14-6-15(12-5-11(12)14)37-16(32)7-31(8)18/h2-4,8,11-12,14-17,21,34H,5-7H2,1H3,(H,30,35)/t8?,11-,12+,14?,15?,16-,17?,21-/m0/s1. The summed E-state index contributed by atoms with van der Waals surface area (Å²) in [5, 5.41) is 12.3. The van der Waals surface area contributed by atoms with Gasteiger partial charge in [0.05, 0.1) is 12.6 Å². The van der Waals surface area contributed by atoms with Gasteiger partial charge < -0.3 is 25.0 Å². The Labute approximate surface area is 207 Å². The lowest BCUT2D eigenvalue weighted by atomic mass is 9.85. The molecule has 3 aliphatic heterocycles. The molecule has 4 fully saturated rings. The van der Waals surface area contributed by atoms with Crippen LogP contribution in [0.25, 0.3) is 0 Å². The van der Waals surface area contributed by atoms with Crippen LogP contribution in [0.1, 0.15) is 31.4 Å². The highest BCUT2D eigenvalue weighted by Gasteiger charge is 2.64. The first-order valence-corrected chi connectivity index (χ1v) is 11.9. The van der Waals surface area contributed by atoms with Crippen LogP contribution in [0, 0.1) is 29.4 Å². The predicted octanol–water partition coefficient (Wildman–Crippen LogP) is 2.32. The molecule has 2 amide bonds. The van der Waals surface area contributed by atoms with E-state index in [2.05, 4.69) is 0 Å². The Hall–Kier alpha value is -3.22. The molecule has 0 aromatic heterocycles. The zero-order valence-corrected chi connectivity index (χ0v) is 19.3. The number of halogens is 5. The number of aliphatic hydroxyl groups excluding tert-OH is 1. The van der Waals surface area contributed by atoms with Crippen LogP contribution in [0.4, 0.5) is 22.0 Å². The maximum atomic E-state index is 14.2. The second kappa shape index (κ2) is 7.89. The van der Waals surface area contributed by atoms with Crippen LogP contribution in [-0.4, -0.2) is 69.6 Å². The Morgan fingerprint density at radius 3 is 2.59 bits per heavy atom. The van der Waals surface area contributed by atoms with Gasteiger partial charge in [0.2, 0.25) is 11.7 Å². The van der Waals surface area contributed by atoms with Crippen LogP contribution in [0.15, 0.2) is 29.7 Å². The van der Waals surface area contributed by atoms with Crippen molar-refractivity contribution < 1.29 is 46.2 Å². The number of allylic oxidation sites excluding steroid dienone is 1. The molecule has 37 heavy (non-hydrogen) atoms. The van der Waals surface area contributed by atoms with Crippen LogP contribution in [0.2, 0.25) is 0 Å². The van der Waals surface area contributed by atoms with Crippen LogP contribution < -0.4 is 5.32 Å². The number of hydrogen-bond acceptors (Lipinski definition) is 6. The van der Waals surface area contributed by atoms with Crippen LogP contribution in [-0.2, 0) is 19.1 Å². The molecule has 1 aromatic carbocycles. The average Bonchev–Trinajstić information content (AvgIpc) is 3.56. The fraction of sp³-hybridized carbons (Fsp3) is 0.542. The number of piperazine rings is 1. The molecule has 8 nitrogen and oxygen atoms in total. The Kier molecular flexibility index (Phi) is 5.15. The second-order valence-electron chi connectivity index (χ2n) is 10.3. The number of hydrogen-bond donors (Lipinski definition) is 2. The third kappa shape index (κ3) is 3.53. The highest BCUT2D eigenvalue weighted by Crippen LogP contribution is 2.58. The van der Waals surface area contributed by atoms with Crippen molar-refractivity contribution in [3.8, 4) is 0 Å². The van der Waals surface area contributed by atoms with Gasteiger partial charge in [-0.05, 0) is 37.7 Å². The van der Waals surface area contributed by atoms with Gasteiger partial charge in [0.1, 0.15) is 23.2 Å². The number of carbonyl (C=O) groups excluding carboxylic acids is 3. The van der Waals surface area contributed by atoms with Gasteiger partial charge in [-0.25, -0.2) is 8.78 Å². The number of ether oxygens (including phenoxy) is 1. The third-order valence-corrected chi connectivity index (χ3v) is 8.30. The summed E-state index contributed by atoms with van der Waals surface area (Å²) in [7, 11) is 0. The normalized spacial score (nSPS) is 35.1. The van der Waals surface area contributed by atoms with Crippen LogP contribution in [0.3, 0.4) is 0 Å². The van der Waals surface area contributed by atoms with Crippen molar-refractivity contribution in [1.82, 2.24) is 15.1 Å². The quantitative estimate of drug-likeness (QED) is 0.463. The van der Waals surface area contributed by atoms with E-state index in [1.165, 1.54) is 16.7 Å². The maximum Gasteiger partial charge on any atom is 0.412 e. The monoisotopic (exact) mass is 527 g/mol. The molecular formula is C24H22F5N3O5. The van der Waals surface area contributed by atoms with E-state index in [1.807, 2.05) is 0 Å². The average molecular weight is 527 g/mol. The molecule has 2 bridgehead atoms. The zero-order valence-electron chi connectivity index (χ0n) is 19.3. The predicted molar refractivity (Wildman–Crippen MR) is 113 cm³/mol. The number of nitrogens with one attached hydrogen (secondary N) is 1. The van der Waals surface area contributed by atoms with Gasteiger partial charge in [0.25, 0.3) is 5.91 Å². The van der Waals surface area contributed by atoms with Crippen molar-refractivity contribution in [2.45, 2.75) is 56.4 Å². The molecule has 2 aliphatic carbocycles. The van der Waals surface area contributed by atoms with Crippen LogP contribution >= 0.6 is 0 Å². The van der Waals surface area contributed by atoms with Crippen molar-refractivity contribution in [3.63, 3.8) is 0 Å². The maximum absolute atomic E-state index is 14.2. The first-order chi connectivity index (χ1) is 17.4. The Morgan fingerprint density at radius 2 is 1.92 bits per heavy atom. The molecular weight excluding hydrogens is 505 g/mol. The summed E-state index contributed by atoms with van der Waals surface area (Å²) in [5.41, 5.74) is -1.34. The highest BCUT2D eigenvalue weighted by atomic mass is 19.4. The molecule has 6 rings (SSSR count). The Balaban J connectivity index is 1.30. The van der Waals surface area contributed by atoms with Gasteiger partial charge in [0, 0.05) is 23.7 Å². The van der Waals surface area contributed by atoms with E-state index in [0.717, 1.165) is 6.42 Å². The lowest BCUT2D eigenvalue weighted by molar-refractivity contribution is -0.190. The first kappa shape index (κ1) is 24.1. The molecule has 0 spiro atoms.